The van der Waals surface area contributed by atoms with Crippen molar-refractivity contribution in [2.45, 2.75) is 0 Å². The van der Waals surface area contributed by atoms with Crippen LogP contribution in [0.2, 0.25) is 0 Å². The summed E-state index contributed by atoms with van der Waals surface area (Å²) < 4.78 is 19.4. The summed E-state index contributed by atoms with van der Waals surface area (Å²) in [6.45, 7) is 0. The summed E-state index contributed by atoms with van der Waals surface area (Å²) in [4.78, 5) is 1.75. The Labute approximate surface area is 218 Å². The van der Waals surface area contributed by atoms with Gasteiger partial charge in [0.15, 0.2) is 11.3 Å². The molecule has 0 N–H and O–H groups in total. The SMILES string of the molecule is CN(C)c1c(C#N)c(C#N)c2oc3ccccc3c3ccccc3oc2c1Oc1ccc2ccccc2c1. The van der Waals surface area contributed by atoms with E-state index in [0.717, 1.165) is 21.5 Å². The van der Waals surface area contributed by atoms with Crippen LogP contribution in [-0.2, 0) is 0 Å². The van der Waals surface area contributed by atoms with Crippen LogP contribution in [0.1, 0.15) is 11.1 Å². The van der Waals surface area contributed by atoms with Crippen LogP contribution >= 0.6 is 0 Å². The van der Waals surface area contributed by atoms with Gasteiger partial charge in [0, 0.05) is 24.9 Å². The normalized spacial score (nSPS) is 10.8. The molecule has 0 saturated carbocycles. The highest BCUT2D eigenvalue weighted by molar-refractivity contribution is 6.04. The van der Waals surface area contributed by atoms with Crippen molar-refractivity contribution in [3.05, 3.63) is 102 Å². The van der Waals surface area contributed by atoms with Gasteiger partial charge in [-0.15, -0.1) is 0 Å². The van der Waals surface area contributed by atoms with Crippen LogP contribution in [0.4, 0.5) is 5.69 Å². The maximum absolute atomic E-state index is 10.2. The Morgan fingerprint density at radius 3 is 1.87 bits per heavy atom. The van der Waals surface area contributed by atoms with Crippen LogP contribution in [0.15, 0.2) is 99.8 Å². The second kappa shape index (κ2) is 9.20. The zero-order chi connectivity index (χ0) is 26.2. The fraction of sp³-hybridized carbons (Fsp3) is 0.0625. The average molecular weight is 496 g/mol. The molecule has 182 valence electrons. The van der Waals surface area contributed by atoms with Gasteiger partial charge in [0.1, 0.15) is 45.9 Å². The van der Waals surface area contributed by atoms with E-state index < -0.39 is 0 Å². The molecule has 6 rings (SSSR count). The first-order valence-electron chi connectivity index (χ1n) is 12.0. The van der Waals surface area contributed by atoms with Crippen molar-refractivity contribution in [3.63, 3.8) is 0 Å². The van der Waals surface area contributed by atoms with Crippen molar-refractivity contribution in [1.82, 2.24) is 0 Å². The van der Waals surface area contributed by atoms with E-state index in [1.807, 2.05) is 91.0 Å². The fourth-order valence-electron chi connectivity index (χ4n) is 4.72. The minimum absolute atomic E-state index is 0.0752. The quantitative estimate of drug-likeness (QED) is 0.246. The minimum atomic E-state index is 0.0752. The molecule has 0 unspecified atom stereocenters. The minimum Gasteiger partial charge on any atom is -0.451 e. The third kappa shape index (κ3) is 3.73. The maximum Gasteiger partial charge on any atom is 0.216 e. The van der Waals surface area contributed by atoms with Crippen molar-refractivity contribution in [2.75, 3.05) is 19.0 Å². The number of hydrogen-bond donors (Lipinski definition) is 0. The zero-order valence-corrected chi connectivity index (χ0v) is 20.7. The van der Waals surface area contributed by atoms with Crippen LogP contribution in [0.3, 0.4) is 0 Å². The number of benzene rings is 5. The number of rotatable bonds is 3. The van der Waals surface area contributed by atoms with Gasteiger partial charge in [-0.25, -0.2) is 0 Å². The first-order valence-corrected chi connectivity index (χ1v) is 12.0. The van der Waals surface area contributed by atoms with Gasteiger partial charge in [-0.1, -0.05) is 66.7 Å². The molecular formula is C32H21N3O3. The van der Waals surface area contributed by atoms with Crippen LogP contribution < -0.4 is 9.64 Å². The van der Waals surface area contributed by atoms with Crippen LogP contribution in [-0.4, -0.2) is 14.1 Å². The van der Waals surface area contributed by atoms with Crippen LogP contribution in [0, 0.1) is 22.7 Å². The van der Waals surface area contributed by atoms with Crippen molar-refractivity contribution >= 4 is 49.6 Å². The summed E-state index contributed by atoms with van der Waals surface area (Å²) in [5.41, 5.74) is 2.11. The van der Waals surface area contributed by atoms with Crippen molar-refractivity contribution in [2.24, 2.45) is 0 Å². The molecule has 0 saturated heterocycles. The van der Waals surface area contributed by atoms with Gasteiger partial charge in [-0.05, 0) is 35.0 Å². The lowest BCUT2D eigenvalue weighted by molar-refractivity contribution is 0.474. The highest BCUT2D eigenvalue weighted by Gasteiger charge is 2.26. The number of para-hydroxylation sites is 2. The molecule has 0 aliphatic rings. The molecule has 5 aromatic carbocycles. The number of nitriles is 2. The van der Waals surface area contributed by atoms with E-state index in [0.29, 0.717) is 22.6 Å². The fourth-order valence-corrected chi connectivity index (χ4v) is 4.72. The maximum atomic E-state index is 10.2. The molecule has 0 aliphatic heterocycles. The predicted octanol–water partition coefficient (Wildman–Crippen LogP) is 8.21. The molecule has 0 amide bonds. The van der Waals surface area contributed by atoms with Crippen molar-refractivity contribution in [3.8, 4) is 23.6 Å². The van der Waals surface area contributed by atoms with Gasteiger partial charge in [-0.2, -0.15) is 10.5 Å². The molecule has 1 heterocycles. The molecule has 0 fully saturated rings. The standard InChI is InChI=1S/C32H21N3O3/c1-35(2)29-25(18-33)26(19-34)30-32(31(29)36-22-16-15-20-9-3-4-10-21(20)17-22)38-28-14-8-6-12-24(28)23-11-5-7-13-27(23)37-30/h3-17H,1-2H3. The van der Waals surface area contributed by atoms with Gasteiger partial charge in [-0.3, -0.25) is 0 Å². The smallest absolute Gasteiger partial charge is 0.216 e. The Balaban J connectivity index is 1.81. The summed E-state index contributed by atoms with van der Waals surface area (Å²) >= 11 is 0. The molecule has 38 heavy (non-hydrogen) atoms. The van der Waals surface area contributed by atoms with Gasteiger partial charge >= 0.3 is 0 Å². The monoisotopic (exact) mass is 495 g/mol. The Kier molecular flexibility index (Phi) is 5.56. The van der Waals surface area contributed by atoms with E-state index >= 15 is 0 Å². The van der Waals surface area contributed by atoms with E-state index in [9.17, 15) is 10.5 Å². The summed E-state index contributed by atoms with van der Waals surface area (Å²) in [6, 6.07) is 33.3. The molecule has 0 aliphatic carbocycles. The molecule has 0 atom stereocenters. The Hall–Kier alpha value is -5.46. The topological polar surface area (TPSA) is 86.3 Å². The molecular weight excluding hydrogens is 474 g/mol. The zero-order valence-electron chi connectivity index (χ0n) is 20.7. The average Bonchev–Trinajstić information content (AvgIpc) is 2.93. The van der Waals surface area contributed by atoms with E-state index in [-0.39, 0.29) is 28.0 Å². The molecule has 0 radical (unpaired) electrons. The molecule has 0 spiro atoms. The van der Waals surface area contributed by atoms with E-state index in [1.54, 1.807) is 19.0 Å². The number of ether oxygens (including phenoxy) is 1. The molecule has 6 aromatic rings. The van der Waals surface area contributed by atoms with E-state index in [4.69, 9.17) is 13.6 Å². The molecule has 1 aromatic heterocycles. The summed E-state index contributed by atoms with van der Waals surface area (Å²) in [6.07, 6.45) is 0. The first-order chi connectivity index (χ1) is 18.6. The van der Waals surface area contributed by atoms with Gasteiger partial charge in [0.2, 0.25) is 5.58 Å². The number of hydrogen-bond acceptors (Lipinski definition) is 6. The number of anilines is 1. The number of fused-ring (bicyclic) bond motifs is 5. The van der Waals surface area contributed by atoms with E-state index in [1.165, 1.54) is 0 Å². The lowest BCUT2D eigenvalue weighted by Crippen LogP contribution is -2.13. The molecule has 0 bridgehead atoms. The number of nitrogens with zero attached hydrogens (tertiary/aromatic N) is 3. The highest BCUT2D eigenvalue weighted by atomic mass is 16.5. The summed E-state index contributed by atoms with van der Waals surface area (Å²) in [7, 11) is 3.59. The first kappa shape index (κ1) is 23.0. The van der Waals surface area contributed by atoms with Crippen LogP contribution in [0.5, 0.6) is 11.5 Å². The molecule has 6 heteroatoms. The van der Waals surface area contributed by atoms with E-state index in [2.05, 4.69) is 12.1 Å². The second-order valence-electron chi connectivity index (χ2n) is 9.01. The third-order valence-electron chi connectivity index (χ3n) is 6.44. The van der Waals surface area contributed by atoms with Crippen molar-refractivity contribution < 1.29 is 13.6 Å². The molecule has 6 nitrogen and oxygen atoms in total. The Morgan fingerprint density at radius 2 is 1.24 bits per heavy atom. The lowest BCUT2D eigenvalue weighted by Gasteiger charge is -2.21. The summed E-state index contributed by atoms with van der Waals surface area (Å²) in [5, 5.41) is 24.2. The Morgan fingerprint density at radius 1 is 0.658 bits per heavy atom. The third-order valence-corrected chi connectivity index (χ3v) is 6.44. The largest absolute Gasteiger partial charge is 0.451 e. The highest BCUT2D eigenvalue weighted by Crippen LogP contribution is 2.44. The second-order valence-corrected chi connectivity index (χ2v) is 9.01. The van der Waals surface area contributed by atoms with Gasteiger partial charge in [0.25, 0.3) is 0 Å². The van der Waals surface area contributed by atoms with Gasteiger partial charge in [0.05, 0.1) is 0 Å². The predicted molar refractivity (Wildman–Crippen MR) is 149 cm³/mol. The van der Waals surface area contributed by atoms with Gasteiger partial charge < -0.3 is 18.5 Å². The lowest BCUT2D eigenvalue weighted by atomic mass is 10.0. The Bertz CT molecular complexity index is 2020. The van der Waals surface area contributed by atoms with Crippen molar-refractivity contribution in [1.29, 1.82) is 10.5 Å². The summed E-state index contributed by atoms with van der Waals surface area (Å²) in [5.74, 6) is 0.840. The van der Waals surface area contributed by atoms with Crippen LogP contribution in [0.25, 0.3) is 43.9 Å².